The van der Waals surface area contributed by atoms with Gasteiger partial charge in [-0.2, -0.15) is 0 Å². The fourth-order valence-electron chi connectivity index (χ4n) is 4.11. The van der Waals surface area contributed by atoms with Crippen molar-refractivity contribution >= 4 is 24.8 Å². The van der Waals surface area contributed by atoms with Crippen molar-refractivity contribution in [3.8, 4) is 0 Å². The summed E-state index contributed by atoms with van der Waals surface area (Å²) >= 11 is 0. The van der Waals surface area contributed by atoms with Crippen molar-refractivity contribution in [3.63, 3.8) is 0 Å². The molecule has 0 unspecified atom stereocenters. The summed E-state index contributed by atoms with van der Waals surface area (Å²) in [6.45, 7) is 4.73. The van der Waals surface area contributed by atoms with Gasteiger partial charge in [-0.25, -0.2) is 4.79 Å². The summed E-state index contributed by atoms with van der Waals surface area (Å²) in [6.07, 6.45) is 9.98. The molecule has 1 heterocycles. The number of carbonyl (C=O) groups is 1. The standard InChI is InChI=1S/C19H26O2Si/c1-22(2)13-12-15(11-10-14-6-3-4-7-14)18-16(19(20)21)8-5-9-17(18)22/h5,8-9,11,14H,3-4,6-7,10,12-13H2,1-2H3,(H,20,21)/b15-11+. The SMILES string of the molecule is C[Si]1(C)CC/C(=C\CC2CCCC2)c2c(C(=O)O)cccc21. The Morgan fingerprint density at radius 1 is 1.32 bits per heavy atom. The van der Waals surface area contributed by atoms with Crippen LogP contribution in [0.1, 0.15) is 54.4 Å². The highest BCUT2D eigenvalue weighted by atomic mass is 28.3. The molecule has 0 saturated heterocycles. The summed E-state index contributed by atoms with van der Waals surface area (Å²) in [6, 6.07) is 7.12. The molecule has 0 atom stereocenters. The number of fused-ring (bicyclic) bond motifs is 1. The van der Waals surface area contributed by atoms with Crippen LogP contribution in [-0.2, 0) is 0 Å². The van der Waals surface area contributed by atoms with Crippen LogP contribution in [0.25, 0.3) is 5.57 Å². The second-order valence-corrected chi connectivity index (χ2v) is 12.3. The molecule has 3 rings (SSSR count). The van der Waals surface area contributed by atoms with Gasteiger partial charge in [0, 0.05) is 0 Å². The molecule has 0 aromatic heterocycles. The Bertz CT molecular complexity index is 610. The van der Waals surface area contributed by atoms with E-state index in [4.69, 9.17) is 0 Å². The van der Waals surface area contributed by atoms with Crippen molar-refractivity contribution in [2.75, 3.05) is 0 Å². The zero-order valence-electron chi connectivity index (χ0n) is 13.7. The Morgan fingerprint density at radius 3 is 2.73 bits per heavy atom. The van der Waals surface area contributed by atoms with Gasteiger partial charge >= 0.3 is 5.97 Å². The van der Waals surface area contributed by atoms with Crippen LogP contribution in [-0.4, -0.2) is 19.1 Å². The Labute approximate surface area is 134 Å². The van der Waals surface area contributed by atoms with E-state index in [2.05, 4.69) is 25.2 Å². The van der Waals surface area contributed by atoms with E-state index in [1.54, 1.807) is 6.07 Å². The summed E-state index contributed by atoms with van der Waals surface area (Å²) < 4.78 is 0. The first-order valence-corrected chi connectivity index (χ1v) is 11.8. The lowest BCUT2D eigenvalue weighted by Crippen LogP contribution is -2.46. The smallest absolute Gasteiger partial charge is 0.336 e. The molecule has 0 spiro atoms. The summed E-state index contributed by atoms with van der Waals surface area (Å²) in [4.78, 5) is 11.7. The van der Waals surface area contributed by atoms with Crippen LogP contribution in [0.15, 0.2) is 24.3 Å². The highest BCUT2D eigenvalue weighted by Crippen LogP contribution is 2.35. The Balaban J connectivity index is 2.01. The minimum absolute atomic E-state index is 0.510. The predicted molar refractivity (Wildman–Crippen MR) is 94.5 cm³/mol. The van der Waals surface area contributed by atoms with E-state index in [0.717, 1.165) is 24.3 Å². The first-order valence-electron chi connectivity index (χ1n) is 8.55. The first kappa shape index (κ1) is 15.5. The lowest BCUT2D eigenvalue weighted by molar-refractivity contribution is 0.0696. The Hall–Kier alpha value is -1.35. The van der Waals surface area contributed by atoms with Gasteiger partial charge in [0.2, 0.25) is 0 Å². The third-order valence-corrected chi connectivity index (χ3v) is 8.91. The minimum Gasteiger partial charge on any atom is -0.478 e. The Kier molecular flexibility index (Phi) is 4.26. The lowest BCUT2D eigenvalue weighted by Gasteiger charge is -2.33. The quantitative estimate of drug-likeness (QED) is 0.823. The molecule has 1 aromatic carbocycles. The number of rotatable bonds is 3. The number of aromatic carboxylic acids is 1. The molecule has 2 nitrogen and oxygen atoms in total. The number of hydrogen-bond acceptors (Lipinski definition) is 1. The first-order chi connectivity index (χ1) is 10.5. The van der Waals surface area contributed by atoms with Crippen LogP contribution in [0, 0.1) is 5.92 Å². The van der Waals surface area contributed by atoms with Crippen molar-refractivity contribution < 1.29 is 9.90 Å². The number of allylic oxidation sites excluding steroid dienone is 2. The second-order valence-electron chi connectivity index (χ2n) is 7.53. The normalized spacial score (nSPS) is 22.7. The van der Waals surface area contributed by atoms with Gasteiger partial charge in [0.1, 0.15) is 0 Å². The zero-order chi connectivity index (χ0) is 15.7. The van der Waals surface area contributed by atoms with Crippen LogP contribution in [0.5, 0.6) is 0 Å². The molecule has 0 amide bonds. The van der Waals surface area contributed by atoms with Crippen molar-refractivity contribution in [2.45, 2.75) is 57.7 Å². The van der Waals surface area contributed by atoms with E-state index in [1.807, 2.05) is 6.07 Å². The maximum Gasteiger partial charge on any atom is 0.336 e. The van der Waals surface area contributed by atoms with Gasteiger partial charge in [-0.1, -0.05) is 62.2 Å². The fourth-order valence-corrected chi connectivity index (χ4v) is 6.79. The molecule has 1 aliphatic carbocycles. The number of carboxylic acids is 1. The van der Waals surface area contributed by atoms with Crippen LogP contribution < -0.4 is 5.19 Å². The van der Waals surface area contributed by atoms with E-state index >= 15 is 0 Å². The molecule has 1 N–H and O–H groups in total. The minimum atomic E-state index is -1.49. The van der Waals surface area contributed by atoms with E-state index < -0.39 is 14.0 Å². The average molecular weight is 315 g/mol. The molecular weight excluding hydrogens is 288 g/mol. The number of hydrogen-bond donors (Lipinski definition) is 1. The van der Waals surface area contributed by atoms with Gasteiger partial charge in [-0.05, 0) is 42.0 Å². The molecule has 1 aromatic rings. The van der Waals surface area contributed by atoms with Gasteiger partial charge in [0.15, 0.2) is 0 Å². The molecule has 0 bridgehead atoms. The van der Waals surface area contributed by atoms with Crippen molar-refractivity contribution in [1.82, 2.24) is 0 Å². The number of carboxylic acid groups (broad SMARTS) is 1. The molecule has 118 valence electrons. The van der Waals surface area contributed by atoms with Gasteiger partial charge in [0.25, 0.3) is 0 Å². The van der Waals surface area contributed by atoms with Crippen molar-refractivity contribution in [1.29, 1.82) is 0 Å². The van der Waals surface area contributed by atoms with E-state index in [1.165, 1.54) is 42.5 Å². The highest BCUT2D eigenvalue weighted by Gasteiger charge is 2.34. The zero-order valence-corrected chi connectivity index (χ0v) is 14.7. The molecule has 2 aliphatic rings. The summed E-state index contributed by atoms with van der Waals surface area (Å²) in [5, 5.41) is 10.9. The van der Waals surface area contributed by atoms with Crippen LogP contribution in [0.4, 0.5) is 0 Å². The molecule has 1 saturated carbocycles. The fraction of sp³-hybridized carbons (Fsp3) is 0.526. The van der Waals surface area contributed by atoms with E-state index in [-0.39, 0.29) is 0 Å². The second kappa shape index (κ2) is 6.03. The van der Waals surface area contributed by atoms with E-state index in [9.17, 15) is 9.90 Å². The molecule has 0 radical (unpaired) electrons. The van der Waals surface area contributed by atoms with Gasteiger partial charge < -0.3 is 5.11 Å². The third-order valence-electron chi connectivity index (χ3n) is 5.54. The number of benzene rings is 1. The van der Waals surface area contributed by atoms with Gasteiger partial charge in [0.05, 0.1) is 13.6 Å². The molecule has 1 fully saturated rings. The van der Waals surface area contributed by atoms with Gasteiger partial charge in [-0.3, -0.25) is 0 Å². The van der Waals surface area contributed by atoms with Crippen LogP contribution in [0.2, 0.25) is 19.1 Å². The molecule has 3 heteroatoms. The maximum atomic E-state index is 11.7. The lowest BCUT2D eigenvalue weighted by atomic mass is 9.93. The Morgan fingerprint density at radius 2 is 2.05 bits per heavy atom. The van der Waals surface area contributed by atoms with Crippen LogP contribution in [0.3, 0.4) is 0 Å². The topological polar surface area (TPSA) is 37.3 Å². The van der Waals surface area contributed by atoms with E-state index in [0.29, 0.717) is 5.56 Å². The average Bonchev–Trinajstić information content (AvgIpc) is 2.99. The van der Waals surface area contributed by atoms with Crippen LogP contribution >= 0.6 is 0 Å². The maximum absolute atomic E-state index is 11.7. The summed E-state index contributed by atoms with van der Waals surface area (Å²) in [7, 11) is -1.49. The molecule has 22 heavy (non-hydrogen) atoms. The van der Waals surface area contributed by atoms with Crippen molar-refractivity contribution in [3.05, 3.63) is 35.4 Å². The third kappa shape index (κ3) is 2.91. The summed E-state index contributed by atoms with van der Waals surface area (Å²) in [5.74, 6) is 0.0374. The highest BCUT2D eigenvalue weighted by molar-refractivity contribution is 6.91. The molecule has 1 aliphatic heterocycles. The monoisotopic (exact) mass is 314 g/mol. The van der Waals surface area contributed by atoms with Crippen molar-refractivity contribution in [2.24, 2.45) is 5.92 Å². The molecular formula is C19H26O2Si. The summed E-state index contributed by atoms with van der Waals surface area (Å²) in [5.41, 5.74) is 2.87. The predicted octanol–water partition coefficient (Wildman–Crippen LogP) is 4.67. The largest absolute Gasteiger partial charge is 0.478 e. The van der Waals surface area contributed by atoms with Gasteiger partial charge in [-0.15, -0.1) is 0 Å².